The van der Waals surface area contributed by atoms with Gasteiger partial charge in [-0.2, -0.15) is 0 Å². The lowest BCUT2D eigenvalue weighted by Gasteiger charge is -2.23. The van der Waals surface area contributed by atoms with Crippen LogP contribution in [0.25, 0.3) is 10.8 Å². The van der Waals surface area contributed by atoms with Crippen LogP contribution in [0.1, 0.15) is 24.9 Å². The van der Waals surface area contributed by atoms with Gasteiger partial charge >= 0.3 is 0 Å². The number of carbonyl (C=O) groups is 2. The molecule has 2 amide bonds. The zero-order chi connectivity index (χ0) is 20.1. The lowest BCUT2D eigenvalue weighted by Crippen LogP contribution is -2.33. The highest BCUT2D eigenvalue weighted by atomic mass is 16.5. The van der Waals surface area contributed by atoms with Gasteiger partial charge in [0.1, 0.15) is 5.75 Å². The summed E-state index contributed by atoms with van der Waals surface area (Å²) in [6.45, 7) is 1.45. The van der Waals surface area contributed by atoms with Crippen molar-refractivity contribution in [3.8, 4) is 5.75 Å². The van der Waals surface area contributed by atoms with Crippen LogP contribution in [-0.2, 0) is 9.59 Å². The number of carbonyl (C=O) groups excluding carboxylic acids is 2. The quantitative estimate of drug-likeness (QED) is 0.705. The molecule has 1 unspecified atom stereocenters. The van der Waals surface area contributed by atoms with E-state index in [9.17, 15) is 9.59 Å². The molecule has 28 heavy (non-hydrogen) atoms. The zero-order valence-electron chi connectivity index (χ0n) is 16.3. The van der Waals surface area contributed by atoms with Gasteiger partial charge in [0.05, 0.1) is 19.6 Å². The molecule has 144 valence electrons. The largest absolute Gasteiger partial charge is 0.497 e. The highest BCUT2D eigenvalue weighted by Crippen LogP contribution is 2.25. The van der Waals surface area contributed by atoms with Crippen LogP contribution in [-0.4, -0.2) is 26.0 Å². The van der Waals surface area contributed by atoms with Gasteiger partial charge in [-0.25, -0.2) is 0 Å². The summed E-state index contributed by atoms with van der Waals surface area (Å²) in [6.07, 6.45) is 0.162. The van der Waals surface area contributed by atoms with Gasteiger partial charge in [-0.1, -0.05) is 42.5 Å². The topological polar surface area (TPSA) is 58.6 Å². The minimum Gasteiger partial charge on any atom is -0.497 e. The number of hydrogen-bond donors (Lipinski definition) is 1. The first-order valence-electron chi connectivity index (χ1n) is 9.14. The number of hydrogen-bond acceptors (Lipinski definition) is 3. The molecular formula is C23H24N2O3. The molecule has 0 saturated heterocycles. The van der Waals surface area contributed by atoms with Gasteiger partial charge < -0.3 is 15.0 Å². The van der Waals surface area contributed by atoms with Crippen molar-refractivity contribution in [2.24, 2.45) is 0 Å². The van der Waals surface area contributed by atoms with Crippen molar-refractivity contribution in [2.75, 3.05) is 19.1 Å². The summed E-state index contributed by atoms with van der Waals surface area (Å²) in [7, 11) is 3.35. The number of ether oxygens (including phenoxy) is 1. The Hall–Kier alpha value is -3.34. The number of nitrogens with one attached hydrogen (secondary N) is 1. The summed E-state index contributed by atoms with van der Waals surface area (Å²) in [4.78, 5) is 26.2. The summed E-state index contributed by atoms with van der Waals surface area (Å²) in [5, 5.41) is 5.08. The molecule has 3 rings (SSSR count). The van der Waals surface area contributed by atoms with E-state index in [1.54, 1.807) is 19.1 Å². The van der Waals surface area contributed by atoms with Crippen molar-refractivity contribution in [2.45, 2.75) is 19.4 Å². The molecule has 0 bridgehead atoms. The maximum Gasteiger partial charge on any atom is 0.229 e. The third kappa shape index (κ3) is 4.49. The summed E-state index contributed by atoms with van der Waals surface area (Å²) in [6, 6.07) is 20.9. The molecule has 3 aromatic carbocycles. The Morgan fingerprint density at radius 2 is 1.68 bits per heavy atom. The van der Waals surface area contributed by atoms with Crippen molar-refractivity contribution in [3.63, 3.8) is 0 Å². The fourth-order valence-electron chi connectivity index (χ4n) is 3.17. The van der Waals surface area contributed by atoms with E-state index in [0.717, 1.165) is 27.8 Å². The third-order valence-corrected chi connectivity index (χ3v) is 4.77. The van der Waals surface area contributed by atoms with E-state index in [0.29, 0.717) is 0 Å². The maximum absolute atomic E-state index is 12.9. The average molecular weight is 376 g/mol. The lowest BCUT2D eigenvalue weighted by atomic mass is 10.0. The Bertz CT molecular complexity index is 983. The van der Waals surface area contributed by atoms with E-state index in [4.69, 9.17) is 4.74 Å². The molecule has 0 saturated carbocycles. The van der Waals surface area contributed by atoms with E-state index in [1.165, 1.54) is 6.92 Å². The third-order valence-electron chi connectivity index (χ3n) is 4.77. The summed E-state index contributed by atoms with van der Waals surface area (Å²) in [5.41, 5.74) is 1.68. The minimum absolute atomic E-state index is 0.0788. The maximum atomic E-state index is 12.9. The number of amides is 2. The van der Waals surface area contributed by atoms with Crippen LogP contribution >= 0.6 is 0 Å². The number of nitrogens with zero attached hydrogens (tertiary/aromatic N) is 1. The average Bonchev–Trinajstić information content (AvgIpc) is 2.72. The van der Waals surface area contributed by atoms with Crippen LogP contribution in [0.3, 0.4) is 0 Å². The van der Waals surface area contributed by atoms with Crippen LogP contribution in [0, 0.1) is 0 Å². The highest BCUT2D eigenvalue weighted by Gasteiger charge is 2.20. The van der Waals surface area contributed by atoms with Crippen LogP contribution in [0.15, 0.2) is 66.7 Å². The number of methoxy groups -OCH3 is 1. The number of benzene rings is 3. The SMILES string of the molecule is COc1ccc(C(CC(=O)N(C)c2ccc3ccccc3c2)NC(C)=O)cc1. The van der Waals surface area contributed by atoms with Gasteiger partial charge in [0.15, 0.2) is 0 Å². The number of anilines is 1. The summed E-state index contributed by atoms with van der Waals surface area (Å²) in [5.74, 6) is 0.469. The Morgan fingerprint density at radius 1 is 1.00 bits per heavy atom. The highest BCUT2D eigenvalue weighted by molar-refractivity contribution is 5.96. The molecular weight excluding hydrogens is 352 g/mol. The van der Waals surface area contributed by atoms with Crippen molar-refractivity contribution >= 4 is 28.3 Å². The summed E-state index contributed by atoms with van der Waals surface area (Å²) < 4.78 is 5.18. The Balaban J connectivity index is 1.80. The van der Waals surface area contributed by atoms with Gasteiger partial charge in [-0.3, -0.25) is 9.59 Å². The predicted molar refractivity (Wildman–Crippen MR) is 112 cm³/mol. The van der Waals surface area contributed by atoms with Crippen LogP contribution in [0.2, 0.25) is 0 Å². The first-order chi connectivity index (χ1) is 13.5. The molecule has 0 aliphatic carbocycles. The molecule has 1 N–H and O–H groups in total. The van der Waals surface area contributed by atoms with Gasteiger partial charge in [0, 0.05) is 19.7 Å². The molecule has 5 nitrogen and oxygen atoms in total. The van der Waals surface area contributed by atoms with Crippen molar-refractivity contribution in [3.05, 3.63) is 72.3 Å². The Labute approximate surface area is 164 Å². The fraction of sp³-hybridized carbons (Fsp3) is 0.217. The van der Waals surface area contributed by atoms with Crippen molar-refractivity contribution in [1.29, 1.82) is 0 Å². The van der Waals surface area contributed by atoms with E-state index in [2.05, 4.69) is 5.32 Å². The van der Waals surface area contributed by atoms with Crippen molar-refractivity contribution < 1.29 is 14.3 Å². The lowest BCUT2D eigenvalue weighted by molar-refractivity contribution is -0.121. The van der Waals surface area contributed by atoms with Crippen molar-refractivity contribution in [1.82, 2.24) is 5.32 Å². The zero-order valence-corrected chi connectivity index (χ0v) is 16.3. The van der Waals surface area contributed by atoms with E-state index < -0.39 is 6.04 Å². The second-order valence-corrected chi connectivity index (χ2v) is 6.71. The second-order valence-electron chi connectivity index (χ2n) is 6.71. The molecule has 0 radical (unpaired) electrons. The number of fused-ring (bicyclic) bond motifs is 1. The molecule has 0 aliphatic rings. The molecule has 0 heterocycles. The monoisotopic (exact) mass is 376 g/mol. The molecule has 0 aliphatic heterocycles. The second kappa shape index (κ2) is 8.57. The molecule has 1 atom stereocenters. The van der Waals surface area contributed by atoms with Crippen LogP contribution in [0.4, 0.5) is 5.69 Å². The normalized spacial score (nSPS) is 11.7. The van der Waals surface area contributed by atoms with Gasteiger partial charge in [0.2, 0.25) is 11.8 Å². The molecule has 0 spiro atoms. The minimum atomic E-state index is -0.404. The Kier molecular flexibility index (Phi) is 5.94. The van der Waals surface area contributed by atoms with E-state index >= 15 is 0 Å². The smallest absolute Gasteiger partial charge is 0.229 e. The summed E-state index contributed by atoms with van der Waals surface area (Å²) >= 11 is 0. The Morgan fingerprint density at radius 3 is 2.32 bits per heavy atom. The van der Waals surface area contributed by atoms with Gasteiger partial charge in [-0.15, -0.1) is 0 Å². The first kappa shape index (κ1) is 19.4. The first-order valence-corrected chi connectivity index (χ1v) is 9.14. The molecule has 3 aromatic rings. The molecule has 5 heteroatoms. The van der Waals surface area contributed by atoms with Crippen LogP contribution < -0.4 is 15.0 Å². The van der Waals surface area contributed by atoms with E-state index in [-0.39, 0.29) is 18.2 Å². The molecule has 0 fully saturated rings. The number of rotatable bonds is 6. The van der Waals surface area contributed by atoms with Gasteiger partial charge in [0.25, 0.3) is 0 Å². The standard InChI is InChI=1S/C23H24N2O3/c1-16(26)24-22(18-9-12-21(28-3)13-10-18)15-23(27)25(2)20-11-8-17-6-4-5-7-19(17)14-20/h4-14,22H,15H2,1-3H3,(H,24,26). The fourth-order valence-corrected chi connectivity index (χ4v) is 3.17. The van der Waals surface area contributed by atoms with Gasteiger partial charge in [-0.05, 0) is 40.6 Å². The van der Waals surface area contributed by atoms with E-state index in [1.807, 2.05) is 66.7 Å². The molecule has 0 aromatic heterocycles. The van der Waals surface area contributed by atoms with Crippen LogP contribution in [0.5, 0.6) is 5.75 Å². The predicted octanol–water partition coefficient (Wildman–Crippen LogP) is 4.08.